The lowest BCUT2D eigenvalue weighted by atomic mass is 9.81. The van der Waals surface area contributed by atoms with Crippen molar-refractivity contribution < 1.29 is 28.4 Å². The molecule has 2 amide bonds. The van der Waals surface area contributed by atoms with Gasteiger partial charge in [0.05, 0.1) is 39.7 Å². The van der Waals surface area contributed by atoms with Gasteiger partial charge in [-0.05, 0) is 109 Å². The van der Waals surface area contributed by atoms with Crippen molar-refractivity contribution in [3.63, 3.8) is 0 Å². The van der Waals surface area contributed by atoms with E-state index in [0.717, 1.165) is 87.5 Å². The van der Waals surface area contributed by atoms with Crippen LogP contribution in [-0.4, -0.2) is 126 Å². The highest BCUT2D eigenvalue weighted by Gasteiger charge is 2.40. The van der Waals surface area contributed by atoms with Crippen molar-refractivity contribution in [1.82, 2.24) is 35.1 Å². The number of nitrogens with one attached hydrogen (secondary N) is 3. The van der Waals surface area contributed by atoms with Crippen LogP contribution in [0.25, 0.3) is 11.0 Å². The number of rotatable bonds is 14. The zero-order valence-electron chi connectivity index (χ0n) is 38.4. The van der Waals surface area contributed by atoms with Crippen molar-refractivity contribution in [2.45, 2.75) is 63.5 Å². The Labute approximate surface area is 399 Å². The monoisotopic (exact) mass is 992 g/mol. The molecule has 4 aliphatic rings. The van der Waals surface area contributed by atoms with Gasteiger partial charge in [-0.25, -0.2) is 4.98 Å². The summed E-state index contributed by atoms with van der Waals surface area (Å²) in [7, 11) is -1.11. The number of aryl methyl sites for hydroxylation is 1. The Bertz CT molecular complexity index is 2680. The number of ether oxygens (including phenoxy) is 2. The number of halogens is 1. The van der Waals surface area contributed by atoms with E-state index in [9.17, 15) is 18.9 Å². The molecule has 3 aromatic carbocycles. The normalized spacial score (nSPS) is 21.6. The lowest BCUT2D eigenvalue weighted by Gasteiger charge is -2.45. The number of methoxy groups -OCH3 is 1. The van der Waals surface area contributed by atoms with Crippen LogP contribution in [0.5, 0.6) is 11.5 Å². The van der Waals surface area contributed by atoms with Crippen LogP contribution in [-0.2, 0) is 25.4 Å². The molecule has 16 nitrogen and oxygen atoms in total. The summed E-state index contributed by atoms with van der Waals surface area (Å²) in [6.07, 6.45) is 10.7. The maximum Gasteiger partial charge on any atom is 0.229 e. The number of hydrogen-bond acceptors (Lipinski definition) is 14. The van der Waals surface area contributed by atoms with E-state index in [1.807, 2.05) is 41.3 Å². The second kappa shape index (κ2) is 19.9. The summed E-state index contributed by atoms with van der Waals surface area (Å²) in [4.78, 5) is 62.6. The lowest BCUT2D eigenvalue weighted by molar-refractivity contribution is -0.143. The van der Waals surface area contributed by atoms with Gasteiger partial charge in [-0.3, -0.25) is 24.5 Å². The first kappa shape index (κ1) is 46.5. The van der Waals surface area contributed by atoms with Gasteiger partial charge in [0, 0.05) is 94.0 Å². The van der Waals surface area contributed by atoms with Gasteiger partial charge < -0.3 is 44.6 Å². The average molecular weight is 994 g/mol. The molecule has 18 heteroatoms. The van der Waals surface area contributed by atoms with Gasteiger partial charge in [0.2, 0.25) is 17.8 Å². The molecule has 5 aromatic rings. The number of anilines is 5. The molecule has 3 aliphatic heterocycles. The highest BCUT2D eigenvalue weighted by atomic mass is 79.9. The first-order valence-electron chi connectivity index (χ1n) is 23.2. The predicted octanol–water partition coefficient (Wildman–Crippen LogP) is 6.88. The van der Waals surface area contributed by atoms with Gasteiger partial charge in [0.15, 0.2) is 0 Å². The van der Waals surface area contributed by atoms with Crippen LogP contribution in [0.15, 0.2) is 71.6 Å². The highest BCUT2D eigenvalue weighted by molar-refractivity contribution is 9.10. The Hall–Kier alpha value is -5.64. The minimum atomic E-state index is -2.78. The Kier molecular flexibility index (Phi) is 13.8. The molecule has 0 bridgehead atoms. The van der Waals surface area contributed by atoms with Gasteiger partial charge >= 0.3 is 0 Å². The Morgan fingerprint density at radius 2 is 1.69 bits per heavy atom. The zero-order chi connectivity index (χ0) is 46.8. The fraction of sp³-hybridized carbons (Fsp3) is 0.449. The average Bonchev–Trinajstić information content (AvgIpc) is 3.33. The largest absolute Gasteiger partial charge is 0.494 e. The summed E-state index contributed by atoms with van der Waals surface area (Å²) in [6.45, 7) is 11.1. The topological polar surface area (TPSA) is 184 Å². The van der Waals surface area contributed by atoms with E-state index in [0.29, 0.717) is 75.9 Å². The number of aldehydes is 1. The predicted molar refractivity (Wildman–Crippen MR) is 264 cm³/mol. The molecular formula is C49H58BrN10O6P. The van der Waals surface area contributed by atoms with Crippen molar-refractivity contribution >= 4 is 86.3 Å². The van der Waals surface area contributed by atoms with E-state index in [1.54, 1.807) is 39.0 Å². The number of piperazine rings is 1. The minimum Gasteiger partial charge on any atom is -0.494 e. The summed E-state index contributed by atoms with van der Waals surface area (Å²) < 4.78 is 26.3. The van der Waals surface area contributed by atoms with E-state index in [1.165, 1.54) is 5.56 Å². The second-order valence-electron chi connectivity index (χ2n) is 18.4. The summed E-state index contributed by atoms with van der Waals surface area (Å²) in [5, 5.41) is 10.2. The quantitative estimate of drug-likeness (QED) is 0.0773. The fourth-order valence-electron chi connectivity index (χ4n) is 10.0. The SMILES string of the molecule is CCc1cc(Nc2ncc(Br)c(Nc3ccc4nccnc4c3P(C)(C)=O)n2)c(OC)cc1N1CCC(N2CCN(C(=O)C3CC(Oc4ccc(C5CC(C=O)CNC5=O)cc4)C3)CC2)CC1. The van der Waals surface area contributed by atoms with Crippen LogP contribution in [0.2, 0.25) is 0 Å². The molecule has 67 heavy (non-hydrogen) atoms. The number of benzene rings is 3. The van der Waals surface area contributed by atoms with Crippen molar-refractivity contribution in [3.05, 3.63) is 82.7 Å². The van der Waals surface area contributed by atoms with E-state index in [4.69, 9.17) is 14.5 Å². The van der Waals surface area contributed by atoms with E-state index in [-0.39, 0.29) is 35.7 Å². The molecule has 352 valence electrons. The van der Waals surface area contributed by atoms with Gasteiger partial charge in [-0.15, -0.1) is 0 Å². The number of carbonyl (C=O) groups is 3. The summed E-state index contributed by atoms with van der Waals surface area (Å²) in [6, 6.07) is 16.0. The second-order valence-corrected chi connectivity index (χ2v) is 22.4. The molecule has 1 aliphatic carbocycles. The fourth-order valence-corrected chi connectivity index (χ4v) is 11.7. The number of nitrogens with zero attached hydrogens (tertiary/aromatic N) is 7. The standard InChI is InChI=1S/C49H58BrN10O6P/c1-5-31-25-41(56-49-54-28-38(50)46(57-49)55-40-11-10-39-44(52-15-14-51-39)45(40)67(3,4)64)43(65-2)26-42(31)59-16-12-34(13-17-59)58-18-20-60(21-19-58)48(63)33-23-36(24-33)66-35-8-6-32(7-9-35)37-22-30(29-61)27-53-47(37)62/h6-11,14-15,25-26,28-30,33-34,36-37H,5,12-13,16-24,27H2,1-4H3,(H,53,62)(H2,54,55,56,57). The summed E-state index contributed by atoms with van der Waals surface area (Å²) >= 11 is 3.60. The minimum absolute atomic E-state index is 0.00556. The van der Waals surface area contributed by atoms with Crippen LogP contribution < -0.4 is 35.6 Å². The van der Waals surface area contributed by atoms with Gasteiger partial charge in [-0.1, -0.05) is 19.1 Å². The van der Waals surface area contributed by atoms with Gasteiger partial charge in [-0.2, -0.15) is 4.98 Å². The smallest absolute Gasteiger partial charge is 0.229 e. The first-order valence-corrected chi connectivity index (χ1v) is 26.6. The maximum absolute atomic E-state index is 13.5. The Balaban J connectivity index is 0.762. The lowest BCUT2D eigenvalue weighted by Crippen LogP contribution is -2.56. The number of piperidine rings is 2. The number of aromatic nitrogens is 4. The third-order valence-electron chi connectivity index (χ3n) is 13.7. The molecule has 2 atom stereocenters. The molecule has 4 fully saturated rings. The molecule has 0 spiro atoms. The van der Waals surface area contributed by atoms with Crippen molar-refractivity contribution in [3.8, 4) is 11.5 Å². The van der Waals surface area contributed by atoms with E-state index < -0.39 is 7.14 Å². The zero-order valence-corrected chi connectivity index (χ0v) is 40.9. The van der Waals surface area contributed by atoms with Crippen LogP contribution >= 0.6 is 23.1 Å². The molecule has 1 saturated carbocycles. The van der Waals surface area contributed by atoms with Crippen LogP contribution in [0.3, 0.4) is 0 Å². The third-order valence-corrected chi connectivity index (χ3v) is 15.9. The van der Waals surface area contributed by atoms with Gasteiger partial charge in [0.25, 0.3) is 0 Å². The van der Waals surface area contributed by atoms with Crippen molar-refractivity contribution in [2.24, 2.45) is 11.8 Å². The molecular weight excluding hydrogens is 935 g/mol. The van der Waals surface area contributed by atoms with E-state index in [2.05, 4.69) is 75.7 Å². The van der Waals surface area contributed by atoms with Crippen molar-refractivity contribution in [2.75, 3.05) is 81.8 Å². The number of amides is 2. The first-order chi connectivity index (χ1) is 32.4. The molecule has 2 aromatic heterocycles. The number of hydrogen-bond donors (Lipinski definition) is 3. The number of carbonyl (C=O) groups excluding carboxylic acids is 3. The number of fused-ring (bicyclic) bond motifs is 1. The van der Waals surface area contributed by atoms with E-state index >= 15 is 0 Å². The molecule has 2 unspecified atom stereocenters. The molecule has 9 rings (SSSR count). The van der Waals surface area contributed by atoms with Crippen LogP contribution in [0.4, 0.5) is 28.8 Å². The Morgan fingerprint density at radius 1 is 0.940 bits per heavy atom. The maximum atomic E-state index is 13.5. The highest BCUT2D eigenvalue weighted by Crippen LogP contribution is 2.42. The third kappa shape index (κ3) is 10.1. The van der Waals surface area contributed by atoms with Crippen LogP contribution in [0, 0.1) is 11.8 Å². The van der Waals surface area contributed by atoms with Crippen molar-refractivity contribution in [1.29, 1.82) is 0 Å². The molecule has 3 N–H and O–H groups in total. The summed E-state index contributed by atoms with van der Waals surface area (Å²) in [5.41, 5.74) is 5.89. The summed E-state index contributed by atoms with van der Waals surface area (Å²) in [5.74, 6) is 1.96. The Morgan fingerprint density at radius 3 is 2.39 bits per heavy atom. The molecule has 5 heterocycles. The molecule has 0 radical (unpaired) electrons. The van der Waals surface area contributed by atoms with Gasteiger partial charge in [0.1, 0.15) is 42.4 Å². The molecule has 3 saturated heterocycles. The van der Waals surface area contributed by atoms with Crippen LogP contribution in [0.1, 0.15) is 56.1 Å².